The van der Waals surface area contributed by atoms with E-state index in [0.29, 0.717) is 6.04 Å². The monoisotopic (exact) mass is 210 g/mol. The van der Waals surface area contributed by atoms with Gasteiger partial charge in [0.15, 0.2) is 0 Å². The van der Waals surface area contributed by atoms with Crippen molar-refractivity contribution < 1.29 is 5.11 Å². The lowest BCUT2D eigenvalue weighted by molar-refractivity contribution is 0.201. The summed E-state index contributed by atoms with van der Waals surface area (Å²) in [5.74, 6) is 0.190. The Labute approximate surface area is 92.5 Å². The number of hydrogen-bond acceptors (Lipinski definition) is 3. The Hall–Kier alpha value is -0.590. The SMILES string of the molecule is CC(C)(CCO)CNC1CCCC1C#N. The van der Waals surface area contributed by atoms with E-state index in [-0.39, 0.29) is 17.9 Å². The van der Waals surface area contributed by atoms with E-state index in [1.54, 1.807) is 0 Å². The Morgan fingerprint density at radius 2 is 2.20 bits per heavy atom. The van der Waals surface area contributed by atoms with Gasteiger partial charge in [-0.05, 0) is 24.7 Å². The summed E-state index contributed by atoms with van der Waals surface area (Å²) < 4.78 is 0. The maximum absolute atomic E-state index is 8.94. The third kappa shape index (κ3) is 3.81. The van der Waals surface area contributed by atoms with Crippen LogP contribution in [-0.2, 0) is 0 Å². The molecule has 0 saturated heterocycles. The molecule has 1 aliphatic carbocycles. The van der Waals surface area contributed by atoms with Crippen LogP contribution in [0.5, 0.6) is 0 Å². The second kappa shape index (κ2) is 5.48. The van der Waals surface area contributed by atoms with E-state index in [0.717, 1.165) is 32.2 Å². The zero-order valence-electron chi connectivity index (χ0n) is 9.79. The molecular formula is C12H22N2O. The molecule has 1 aliphatic rings. The summed E-state index contributed by atoms with van der Waals surface area (Å²) in [6, 6.07) is 2.74. The second-order valence-corrected chi connectivity index (χ2v) is 5.29. The van der Waals surface area contributed by atoms with E-state index in [9.17, 15) is 0 Å². The molecule has 0 aliphatic heterocycles. The minimum Gasteiger partial charge on any atom is -0.396 e. The Bertz CT molecular complexity index is 232. The minimum absolute atomic E-state index is 0.122. The maximum Gasteiger partial charge on any atom is 0.0672 e. The highest BCUT2D eigenvalue weighted by Gasteiger charge is 2.28. The highest BCUT2D eigenvalue weighted by atomic mass is 16.3. The van der Waals surface area contributed by atoms with E-state index < -0.39 is 0 Å². The molecule has 0 radical (unpaired) electrons. The molecule has 3 heteroatoms. The van der Waals surface area contributed by atoms with Gasteiger partial charge in [-0.2, -0.15) is 5.26 Å². The van der Waals surface area contributed by atoms with Crippen molar-refractivity contribution in [3.8, 4) is 6.07 Å². The first-order valence-corrected chi connectivity index (χ1v) is 5.83. The molecule has 2 unspecified atom stereocenters. The molecule has 2 N–H and O–H groups in total. The van der Waals surface area contributed by atoms with Gasteiger partial charge >= 0.3 is 0 Å². The molecule has 1 saturated carbocycles. The van der Waals surface area contributed by atoms with Crippen molar-refractivity contribution in [3.05, 3.63) is 0 Å². The van der Waals surface area contributed by atoms with Crippen LogP contribution in [0.2, 0.25) is 0 Å². The number of nitrogens with zero attached hydrogens (tertiary/aromatic N) is 1. The van der Waals surface area contributed by atoms with E-state index in [1.807, 2.05) is 0 Å². The van der Waals surface area contributed by atoms with Crippen molar-refractivity contribution in [2.24, 2.45) is 11.3 Å². The first-order chi connectivity index (χ1) is 7.09. The maximum atomic E-state index is 8.94. The molecule has 3 nitrogen and oxygen atoms in total. The van der Waals surface area contributed by atoms with Gasteiger partial charge in [0.1, 0.15) is 0 Å². The van der Waals surface area contributed by atoms with Crippen molar-refractivity contribution in [2.75, 3.05) is 13.2 Å². The Balaban J connectivity index is 2.33. The fourth-order valence-corrected chi connectivity index (χ4v) is 2.16. The average Bonchev–Trinajstić information content (AvgIpc) is 2.62. The number of aliphatic hydroxyl groups is 1. The van der Waals surface area contributed by atoms with E-state index in [4.69, 9.17) is 10.4 Å². The topological polar surface area (TPSA) is 56.0 Å². The van der Waals surface area contributed by atoms with Gasteiger partial charge in [-0.1, -0.05) is 20.3 Å². The quantitative estimate of drug-likeness (QED) is 0.726. The minimum atomic E-state index is 0.122. The molecule has 0 amide bonds. The van der Waals surface area contributed by atoms with Crippen LogP contribution in [0, 0.1) is 22.7 Å². The third-order valence-corrected chi connectivity index (χ3v) is 3.31. The molecule has 0 bridgehead atoms. The first kappa shape index (κ1) is 12.5. The highest BCUT2D eigenvalue weighted by Crippen LogP contribution is 2.26. The zero-order valence-corrected chi connectivity index (χ0v) is 9.79. The average molecular weight is 210 g/mol. The van der Waals surface area contributed by atoms with Gasteiger partial charge in [0.2, 0.25) is 0 Å². The molecule has 1 rings (SSSR count). The van der Waals surface area contributed by atoms with Crippen LogP contribution in [0.4, 0.5) is 0 Å². The predicted molar refractivity (Wildman–Crippen MR) is 60.2 cm³/mol. The molecule has 1 fully saturated rings. The lowest BCUT2D eigenvalue weighted by Gasteiger charge is -2.27. The van der Waals surface area contributed by atoms with Gasteiger partial charge in [0.25, 0.3) is 0 Å². The van der Waals surface area contributed by atoms with Crippen LogP contribution in [0.1, 0.15) is 39.5 Å². The highest BCUT2D eigenvalue weighted by molar-refractivity contribution is 4.96. The van der Waals surface area contributed by atoms with Gasteiger partial charge in [0.05, 0.1) is 12.0 Å². The van der Waals surface area contributed by atoms with Gasteiger partial charge in [-0.15, -0.1) is 0 Å². The Morgan fingerprint density at radius 1 is 1.47 bits per heavy atom. The lowest BCUT2D eigenvalue weighted by Crippen LogP contribution is -2.39. The smallest absolute Gasteiger partial charge is 0.0672 e. The summed E-state index contributed by atoms with van der Waals surface area (Å²) in [6.45, 7) is 5.41. The van der Waals surface area contributed by atoms with Crippen LogP contribution in [-0.4, -0.2) is 24.3 Å². The van der Waals surface area contributed by atoms with Gasteiger partial charge in [0, 0.05) is 19.2 Å². The van der Waals surface area contributed by atoms with Crippen molar-refractivity contribution in [3.63, 3.8) is 0 Å². The van der Waals surface area contributed by atoms with Crippen LogP contribution in [0.3, 0.4) is 0 Å². The number of nitriles is 1. The summed E-state index contributed by atoms with van der Waals surface area (Å²) >= 11 is 0. The fourth-order valence-electron chi connectivity index (χ4n) is 2.16. The molecular weight excluding hydrogens is 188 g/mol. The van der Waals surface area contributed by atoms with Gasteiger partial charge < -0.3 is 10.4 Å². The van der Waals surface area contributed by atoms with Crippen molar-refractivity contribution in [1.29, 1.82) is 5.26 Å². The normalized spacial score (nSPS) is 26.5. The number of hydrogen-bond donors (Lipinski definition) is 2. The summed E-state index contributed by atoms with van der Waals surface area (Å²) in [4.78, 5) is 0. The molecule has 0 aromatic heterocycles. The number of rotatable bonds is 5. The second-order valence-electron chi connectivity index (χ2n) is 5.29. The van der Waals surface area contributed by atoms with E-state index in [1.165, 1.54) is 0 Å². The summed E-state index contributed by atoms with van der Waals surface area (Å²) in [5, 5.41) is 21.3. The molecule has 0 heterocycles. The number of nitrogens with one attached hydrogen (secondary N) is 1. The molecule has 0 aromatic carbocycles. The van der Waals surface area contributed by atoms with Crippen molar-refractivity contribution >= 4 is 0 Å². The predicted octanol–water partition coefficient (Wildman–Crippen LogP) is 1.68. The molecule has 86 valence electrons. The Kier molecular flexibility index (Phi) is 4.56. The van der Waals surface area contributed by atoms with Gasteiger partial charge in [-0.3, -0.25) is 0 Å². The standard InChI is InChI=1S/C12H22N2O/c1-12(2,6-7-15)9-14-11-5-3-4-10(11)8-13/h10-11,14-15H,3-7,9H2,1-2H3. The van der Waals surface area contributed by atoms with E-state index >= 15 is 0 Å². The van der Waals surface area contributed by atoms with Crippen molar-refractivity contribution in [1.82, 2.24) is 5.32 Å². The number of aliphatic hydroxyl groups excluding tert-OH is 1. The molecule has 0 spiro atoms. The van der Waals surface area contributed by atoms with Gasteiger partial charge in [-0.25, -0.2) is 0 Å². The molecule has 2 atom stereocenters. The van der Waals surface area contributed by atoms with Crippen LogP contribution < -0.4 is 5.32 Å². The van der Waals surface area contributed by atoms with E-state index in [2.05, 4.69) is 25.2 Å². The Morgan fingerprint density at radius 3 is 2.80 bits per heavy atom. The zero-order chi connectivity index (χ0) is 11.3. The summed E-state index contributed by atoms with van der Waals surface area (Å²) in [5.41, 5.74) is 0.122. The van der Waals surface area contributed by atoms with Crippen molar-refractivity contribution in [2.45, 2.75) is 45.6 Å². The first-order valence-electron chi connectivity index (χ1n) is 5.83. The summed E-state index contributed by atoms with van der Waals surface area (Å²) in [6.07, 6.45) is 4.13. The molecule has 0 aromatic rings. The summed E-state index contributed by atoms with van der Waals surface area (Å²) in [7, 11) is 0. The van der Waals surface area contributed by atoms with Crippen LogP contribution in [0.15, 0.2) is 0 Å². The largest absolute Gasteiger partial charge is 0.396 e. The fraction of sp³-hybridized carbons (Fsp3) is 0.917. The van der Waals surface area contributed by atoms with Crippen LogP contribution >= 0.6 is 0 Å². The molecule has 15 heavy (non-hydrogen) atoms. The third-order valence-electron chi connectivity index (χ3n) is 3.31. The lowest BCUT2D eigenvalue weighted by atomic mass is 9.89. The van der Waals surface area contributed by atoms with Crippen LogP contribution in [0.25, 0.3) is 0 Å².